The number of likely N-dealkylation sites (tertiary alicyclic amines) is 1. The van der Waals surface area contributed by atoms with Gasteiger partial charge in [0.05, 0.1) is 0 Å². The minimum absolute atomic E-state index is 0.486. The van der Waals surface area contributed by atoms with E-state index in [1.165, 1.54) is 50.6 Å². The van der Waals surface area contributed by atoms with Gasteiger partial charge in [-0.05, 0) is 50.4 Å². The van der Waals surface area contributed by atoms with Crippen molar-refractivity contribution in [3.8, 4) is 0 Å². The molecule has 112 valence electrons. The fourth-order valence-electron chi connectivity index (χ4n) is 4.00. The van der Waals surface area contributed by atoms with E-state index in [1.54, 1.807) is 0 Å². The Balaban J connectivity index is 1.50. The molecule has 1 aliphatic carbocycles. The SMILES string of the molecule is Cc1ccc2oc([C@H]3CCN(C4CCCCC4)C3)nc2c1. The van der Waals surface area contributed by atoms with Gasteiger partial charge in [0.2, 0.25) is 0 Å². The molecule has 21 heavy (non-hydrogen) atoms. The Hall–Kier alpha value is -1.35. The molecule has 3 nitrogen and oxygen atoms in total. The van der Waals surface area contributed by atoms with Crippen LogP contribution in [0.4, 0.5) is 0 Å². The largest absolute Gasteiger partial charge is 0.440 e. The summed E-state index contributed by atoms with van der Waals surface area (Å²) in [6.45, 7) is 4.46. The zero-order valence-corrected chi connectivity index (χ0v) is 12.8. The number of nitrogens with zero attached hydrogens (tertiary/aromatic N) is 2. The Labute approximate surface area is 126 Å². The third-order valence-electron chi connectivity index (χ3n) is 5.22. The van der Waals surface area contributed by atoms with E-state index in [0.717, 1.165) is 29.6 Å². The summed E-state index contributed by atoms with van der Waals surface area (Å²) >= 11 is 0. The summed E-state index contributed by atoms with van der Waals surface area (Å²) in [6, 6.07) is 7.08. The summed E-state index contributed by atoms with van der Waals surface area (Å²) in [5.41, 5.74) is 3.20. The maximum absolute atomic E-state index is 6.00. The summed E-state index contributed by atoms with van der Waals surface area (Å²) in [4.78, 5) is 7.43. The van der Waals surface area contributed by atoms with Crippen LogP contribution in [0.2, 0.25) is 0 Å². The number of fused-ring (bicyclic) bond motifs is 1. The lowest BCUT2D eigenvalue weighted by atomic mass is 9.94. The second-order valence-electron chi connectivity index (χ2n) is 6.80. The van der Waals surface area contributed by atoms with Gasteiger partial charge in [0.25, 0.3) is 0 Å². The highest BCUT2D eigenvalue weighted by atomic mass is 16.3. The van der Waals surface area contributed by atoms with Gasteiger partial charge in [-0.1, -0.05) is 25.3 Å². The highest BCUT2D eigenvalue weighted by molar-refractivity contribution is 5.73. The summed E-state index contributed by atoms with van der Waals surface area (Å²) in [5, 5.41) is 0. The first-order valence-electron chi connectivity index (χ1n) is 8.41. The molecule has 1 aliphatic heterocycles. The maximum Gasteiger partial charge on any atom is 0.199 e. The smallest absolute Gasteiger partial charge is 0.199 e. The Kier molecular flexibility index (Phi) is 3.46. The minimum atomic E-state index is 0.486. The van der Waals surface area contributed by atoms with Crippen LogP contribution in [0.15, 0.2) is 22.6 Å². The molecule has 0 bridgehead atoms. The number of benzene rings is 1. The van der Waals surface area contributed by atoms with Gasteiger partial charge in [-0.15, -0.1) is 0 Å². The van der Waals surface area contributed by atoms with Crippen LogP contribution >= 0.6 is 0 Å². The van der Waals surface area contributed by atoms with Crippen molar-refractivity contribution < 1.29 is 4.42 Å². The molecule has 0 amide bonds. The maximum atomic E-state index is 6.00. The van der Waals surface area contributed by atoms with E-state index in [0.29, 0.717) is 5.92 Å². The first-order chi connectivity index (χ1) is 10.3. The van der Waals surface area contributed by atoms with Gasteiger partial charge in [-0.2, -0.15) is 0 Å². The summed E-state index contributed by atoms with van der Waals surface area (Å²) in [5.74, 6) is 1.44. The molecule has 2 fully saturated rings. The number of hydrogen-bond donors (Lipinski definition) is 0. The molecule has 0 unspecified atom stereocenters. The highest BCUT2D eigenvalue weighted by Gasteiger charge is 2.32. The van der Waals surface area contributed by atoms with E-state index in [9.17, 15) is 0 Å². The van der Waals surface area contributed by atoms with E-state index in [1.807, 2.05) is 0 Å². The van der Waals surface area contributed by atoms with Gasteiger partial charge in [-0.25, -0.2) is 4.98 Å². The number of rotatable bonds is 2. The molecule has 1 aromatic carbocycles. The van der Waals surface area contributed by atoms with Crippen molar-refractivity contribution in [3.05, 3.63) is 29.7 Å². The Morgan fingerprint density at radius 1 is 1.14 bits per heavy atom. The molecular formula is C18H24N2O. The fourth-order valence-corrected chi connectivity index (χ4v) is 4.00. The molecule has 1 saturated heterocycles. The molecule has 1 atom stereocenters. The molecule has 4 rings (SSSR count). The minimum Gasteiger partial charge on any atom is -0.440 e. The van der Waals surface area contributed by atoms with Gasteiger partial charge < -0.3 is 4.42 Å². The van der Waals surface area contributed by atoms with Crippen LogP contribution in [0.3, 0.4) is 0 Å². The van der Waals surface area contributed by atoms with Crippen LogP contribution in [-0.2, 0) is 0 Å². The predicted molar refractivity (Wildman–Crippen MR) is 84.6 cm³/mol. The zero-order valence-electron chi connectivity index (χ0n) is 12.8. The average Bonchev–Trinajstić information content (AvgIpc) is 3.14. The van der Waals surface area contributed by atoms with Crippen molar-refractivity contribution in [2.24, 2.45) is 0 Å². The Morgan fingerprint density at radius 2 is 2.00 bits per heavy atom. The van der Waals surface area contributed by atoms with Crippen molar-refractivity contribution in [3.63, 3.8) is 0 Å². The number of hydrogen-bond acceptors (Lipinski definition) is 3. The first kappa shape index (κ1) is 13.3. The molecule has 0 N–H and O–H groups in total. The number of aromatic nitrogens is 1. The standard InChI is InChI=1S/C18H24N2O/c1-13-7-8-17-16(11-13)19-18(21-17)14-9-10-20(12-14)15-5-3-2-4-6-15/h7-8,11,14-15H,2-6,9-10,12H2,1H3/t14-/m0/s1. The van der Waals surface area contributed by atoms with Crippen molar-refractivity contribution in [2.75, 3.05) is 13.1 Å². The predicted octanol–water partition coefficient (Wildman–Crippen LogP) is 4.26. The molecule has 2 heterocycles. The first-order valence-corrected chi connectivity index (χ1v) is 8.41. The quantitative estimate of drug-likeness (QED) is 0.825. The topological polar surface area (TPSA) is 29.3 Å². The number of aryl methyl sites for hydroxylation is 1. The summed E-state index contributed by atoms with van der Waals surface area (Å²) in [6.07, 6.45) is 8.22. The van der Waals surface area contributed by atoms with Crippen LogP contribution in [0, 0.1) is 6.92 Å². The zero-order chi connectivity index (χ0) is 14.2. The highest BCUT2D eigenvalue weighted by Crippen LogP contribution is 2.33. The van der Waals surface area contributed by atoms with Crippen LogP contribution < -0.4 is 0 Å². The summed E-state index contributed by atoms with van der Waals surface area (Å²) < 4.78 is 6.00. The van der Waals surface area contributed by atoms with Gasteiger partial charge >= 0.3 is 0 Å². The molecule has 2 aromatic rings. The van der Waals surface area contributed by atoms with E-state index in [4.69, 9.17) is 9.40 Å². The second-order valence-corrected chi connectivity index (χ2v) is 6.80. The van der Waals surface area contributed by atoms with Gasteiger partial charge in [0.1, 0.15) is 5.52 Å². The molecule has 1 aromatic heterocycles. The lowest BCUT2D eigenvalue weighted by Crippen LogP contribution is -2.34. The van der Waals surface area contributed by atoms with Crippen molar-refractivity contribution in [1.82, 2.24) is 9.88 Å². The van der Waals surface area contributed by atoms with Gasteiger partial charge in [0, 0.05) is 18.5 Å². The molecule has 2 aliphatic rings. The van der Waals surface area contributed by atoms with Crippen molar-refractivity contribution >= 4 is 11.1 Å². The van der Waals surface area contributed by atoms with Gasteiger partial charge in [0.15, 0.2) is 11.5 Å². The van der Waals surface area contributed by atoms with Crippen LogP contribution in [0.5, 0.6) is 0 Å². The molecule has 3 heteroatoms. The van der Waals surface area contributed by atoms with Crippen LogP contribution in [-0.4, -0.2) is 29.0 Å². The molecule has 1 saturated carbocycles. The Bertz CT molecular complexity index is 627. The Morgan fingerprint density at radius 3 is 2.86 bits per heavy atom. The van der Waals surface area contributed by atoms with Crippen molar-refractivity contribution in [2.45, 2.75) is 57.4 Å². The molecular weight excluding hydrogens is 260 g/mol. The monoisotopic (exact) mass is 284 g/mol. The fraction of sp³-hybridized carbons (Fsp3) is 0.611. The van der Waals surface area contributed by atoms with E-state index >= 15 is 0 Å². The number of oxazole rings is 1. The lowest BCUT2D eigenvalue weighted by Gasteiger charge is -2.30. The third kappa shape index (κ3) is 2.59. The third-order valence-corrected chi connectivity index (χ3v) is 5.22. The molecule has 0 spiro atoms. The normalized spacial score (nSPS) is 24.9. The van der Waals surface area contributed by atoms with E-state index < -0.39 is 0 Å². The van der Waals surface area contributed by atoms with E-state index in [-0.39, 0.29) is 0 Å². The van der Waals surface area contributed by atoms with Crippen molar-refractivity contribution in [1.29, 1.82) is 0 Å². The summed E-state index contributed by atoms with van der Waals surface area (Å²) in [7, 11) is 0. The van der Waals surface area contributed by atoms with Crippen LogP contribution in [0.1, 0.15) is 55.9 Å². The van der Waals surface area contributed by atoms with E-state index in [2.05, 4.69) is 30.0 Å². The average molecular weight is 284 g/mol. The lowest BCUT2D eigenvalue weighted by molar-refractivity contribution is 0.188. The van der Waals surface area contributed by atoms with Gasteiger partial charge in [-0.3, -0.25) is 4.90 Å². The van der Waals surface area contributed by atoms with Crippen LogP contribution in [0.25, 0.3) is 11.1 Å². The molecule has 0 radical (unpaired) electrons. The second kappa shape index (κ2) is 5.45.